The monoisotopic (exact) mass is 226 g/mol. The van der Waals surface area contributed by atoms with Gasteiger partial charge in [-0.3, -0.25) is 0 Å². The number of anilines is 1. The van der Waals surface area contributed by atoms with Gasteiger partial charge in [0.05, 0.1) is 21.8 Å². The highest BCUT2D eigenvalue weighted by atomic mass is 79.9. The lowest BCUT2D eigenvalue weighted by Crippen LogP contribution is -2.17. The largest absolute Gasteiger partial charge is 0.223 e. The number of nitrogens with zero attached hydrogens (tertiary/aromatic N) is 4. The highest BCUT2D eigenvalue weighted by Gasteiger charge is 2.13. The van der Waals surface area contributed by atoms with Gasteiger partial charge < -0.3 is 0 Å². The van der Waals surface area contributed by atoms with Crippen LogP contribution >= 0.6 is 16.1 Å². The number of para-hydroxylation sites is 1. The Balaban J connectivity index is 2.18. The minimum absolute atomic E-state index is 0.643. The molecule has 1 aliphatic rings. The zero-order valence-corrected chi connectivity index (χ0v) is 7.85. The normalized spacial score (nSPS) is 15.8. The van der Waals surface area contributed by atoms with E-state index in [9.17, 15) is 0 Å². The molecule has 4 nitrogen and oxygen atoms in total. The average Bonchev–Trinajstić information content (AvgIpc) is 2.54. The van der Waals surface area contributed by atoms with Crippen molar-refractivity contribution in [1.29, 1.82) is 0 Å². The number of hydrogen-bond acceptors (Lipinski definition) is 4. The van der Waals surface area contributed by atoms with Crippen LogP contribution in [0.15, 0.2) is 40.8 Å². The van der Waals surface area contributed by atoms with Crippen molar-refractivity contribution in [3.05, 3.63) is 30.3 Å². The van der Waals surface area contributed by atoms with Crippen LogP contribution in [0.4, 0.5) is 5.69 Å². The van der Waals surface area contributed by atoms with Gasteiger partial charge in [-0.15, -0.1) is 0 Å². The van der Waals surface area contributed by atoms with Gasteiger partial charge in [0.1, 0.15) is 6.67 Å². The Labute approximate surface area is 78.8 Å². The molecule has 2 rings (SSSR count). The van der Waals surface area contributed by atoms with Crippen LogP contribution in [-0.2, 0) is 0 Å². The molecule has 0 aromatic heterocycles. The van der Waals surface area contributed by atoms with Gasteiger partial charge in [0.25, 0.3) is 0 Å². The van der Waals surface area contributed by atoms with Crippen molar-refractivity contribution in [1.82, 2.24) is 4.03 Å². The summed E-state index contributed by atoms with van der Waals surface area (Å²) in [7, 11) is 0. The number of rotatable bonds is 1. The number of hydrogen-bond donors (Lipinski definition) is 0. The van der Waals surface area contributed by atoms with Crippen LogP contribution in [0.2, 0.25) is 0 Å². The van der Waals surface area contributed by atoms with Crippen LogP contribution in [0.3, 0.4) is 0 Å². The van der Waals surface area contributed by atoms with E-state index in [4.69, 9.17) is 0 Å². The smallest absolute Gasteiger partial charge is 0.144 e. The van der Waals surface area contributed by atoms with Gasteiger partial charge in [-0.25, -0.2) is 5.01 Å². The topological polar surface area (TPSA) is 31.2 Å². The van der Waals surface area contributed by atoms with E-state index in [1.165, 1.54) is 0 Å². The van der Waals surface area contributed by atoms with Crippen molar-refractivity contribution >= 4 is 21.8 Å². The quantitative estimate of drug-likeness (QED) is 0.689. The van der Waals surface area contributed by atoms with Gasteiger partial charge in [0, 0.05) is 0 Å². The van der Waals surface area contributed by atoms with Crippen LogP contribution < -0.4 is 5.01 Å². The number of benzene rings is 1. The fourth-order valence-corrected chi connectivity index (χ4v) is 1.27. The minimum Gasteiger partial charge on any atom is -0.223 e. The highest BCUT2D eigenvalue weighted by molar-refractivity contribution is 9.07. The highest BCUT2D eigenvalue weighted by Crippen LogP contribution is 2.20. The third-order valence-corrected chi connectivity index (χ3v) is 1.92. The molecule has 0 radical (unpaired) electrons. The van der Waals surface area contributed by atoms with E-state index in [1.807, 2.05) is 30.3 Å². The first-order valence-electron chi connectivity index (χ1n) is 3.54. The molecule has 0 saturated carbocycles. The minimum atomic E-state index is 0.643. The van der Waals surface area contributed by atoms with E-state index in [1.54, 1.807) is 9.04 Å². The van der Waals surface area contributed by atoms with Gasteiger partial charge in [0.15, 0.2) is 0 Å². The zero-order valence-electron chi connectivity index (χ0n) is 6.26. The molecule has 1 aromatic carbocycles. The molecule has 0 fully saturated rings. The molecule has 0 unspecified atom stereocenters. The third kappa shape index (κ3) is 1.40. The molecular formula is C7H7BrN4. The summed E-state index contributed by atoms with van der Waals surface area (Å²) in [6.45, 7) is 0.643. The van der Waals surface area contributed by atoms with E-state index in [2.05, 4.69) is 26.6 Å². The fraction of sp³-hybridized carbons (Fsp3) is 0.143. The summed E-state index contributed by atoms with van der Waals surface area (Å²) in [4.78, 5) is 0. The van der Waals surface area contributed by atoms with Crippen molar-refractivity contribution in [2.45, 2.75) is 0 Å². The van der Waals surface area contributed by atoms with E-state index >= 15 is 0 Å². The maximum atomic E-state index is 3.92. The molecule has 1 aromatic rings. The van der Waals surface area contributed by atoms with Crippen LogP contribution in [-0.4, -0.2) is 10.7 Å². The lowest BCUT2D eigenvalue weighted by molar-refractivity contribution is 0.573. The standard InChI is InChI=1S/C7H7BrN4/c8-12-6-11(9-10-12)7-4-2-1-3-5-7/h1-5H,6H2. The van der Waals surface area contributed by atoms with Crippen LogP contribution in [0, 0.1) is 0 Å². The summed E-state index contributed by atoms with van der Waals surface area (Å²) < 4.78 is 1.60. The van der Waals surface area contributed by atoms with Crippen molar-refractivity contribution < 1.29 is 0 Å². The third-order valence-electron chi connectivity index (χ3n) is 1.55. The molecule has 0 atom stereocenters. The second-order valence-electron chi connectivity index (χ2n) is 2.39. The second kappa shape index (κ2) is 3.10. The van der Waals surface area contributed by atoms with Gasteiger partial charge in [-0.05, 0) is 22.6 Å². The summed E-state index contributed by atoms with van der Waals surface area (Å²) in [5.41, 5.74) is 1.04. The summed E-state index contributed by atoms with van der Waals surface area (Å²) in [6.07, 6.45) is 0. The Kier molecular flexibility index (Phi) is 1.95. The lowest BCUT2D eigenvalue weighted by Gasteiger charge is -2.11. The fourth-order valence-electron chi connectivity index (χ4n) is 0.992. The molecule has 0 amide bonds. The molecular weight excluding hydrogens is 220 g/mol. The summed E-state index contributed by atoms with van der Waals surface area (Å²) in [5, 5.41) is 9.52. The van der Waals surface area contributed by atoms with Crippen molar-refractivity contribution in [3.8, 4) is 0 Å². The summed E-state index contributed by atoms with van der Waals surface area (Å²) in [5.74, 6) is 0. The molecule has 5 heteroatoms. The average molecular weight is 227 g/mol. The maximum Gasteiger partial charge on any atom is 0.144 e. The Morgan fingerprint density at radius 2 is 1.92 bits per heavy atom. The molecule has 0 N–H and O–H groups in total. The first kappa shape index (κ1) is 7.54. The van der Waals surface area contributed by atoms with Crippen LogP contribution in [0.1, 0.15) is 0 Å². The lowest BCUT2D eigenvalue weighted by atomic mass is 10.3. The van der Waals surface area contributed by atoms with E-state index in [0.29, 0.717) is 6.67 Å². The van der Waals surface area contributed by atoms with Crippen LogP contribution in [0.5, 0.6) is 0 Å². The first-order chi connectivity index (χ1) is 5.86. The Morgan fingerprint density at radius 3 is 2.50 bits per heavy atom. The predicted molar refractivity (Wildman–Crippen MR) is 49.4 cm³/mol. The SMILES string of the molecule is BrN1CN(c2ccccc2)N=N1. The molecule has 1 heterocycles. The van der Waals surface area contributed by atoms with Crippen LogP contribution in [0.25, 0.3) is 0 Å². The van der Waals surface area contributed by atoms with Crippen molar-refractivity contribution in [2.24, 2.45) is 10.4 Å². The maximum absolute atomic E-state index is 3.92. The predicted octanol–water partition coefficient (Wildman–Crippen LogP) is 2.36. The van der Waals surface area contributed by atoms with Crippen molar-refractivity contribution in [2.75, 3.05) is 11.7 Å². The Hall–Kier alpha value is -1.10. The molecule has 0 aliphatic carbocycles. The van der Waals surface area contributed by atoms with Gasteiger partial charge in [-0.1, -0.05) is 18.2 Å². The van der Waals surface area contributed by atoms with Gasteiger partial charge in [-0.2, -0.15) is 4.03 Å². The summed E-state index contributed by atoms with van der Waals surface area (Å²) >= 11 is 3.21. The molecule has 12 heavy (non-hydrogen) atoms. The summed E-state index contributed by atoms with van der Waals surface area (Å²) in [6, 6.07) is 9.91. The van der Waals surface area contributed by atoms with Gasteiger partial charge >= 0.3 is 0 Å². The molecule has 1 aliphatic heterocycles. The van der Waals surface area contributed by atoms with Crippen molar-refractivity contribution in [3.63, 3.8) is 0 Å². The Morgan fingerprint density at radius 1 is 1.17 bits per heavy atom. The van der Waals surface area contributed by atoms with Gasteiger partial charge in [0.2, 0.25) is 0 Å². The molecule has 0 bridgehead atoms. The van der Waals surface area contributed by atoms with E-state index < -0.39 is 0 Å². The molecule has 0 saturated heterocycles. The second-order valence-corrected chi connectivity index (χ2v) is 3.21. The first-order valence-corrected chi connectivity index (χ1v) is 4.25. The zero-order chi connectivity index (χ0) is 8.39. The van der Waals surface area contributed by atoms with E-state index in [0.717, 1.165) is 5.69 Å². The molecule has 0 spiro atoms. The number of halogens is 1. The van der Waals surface area contributed by atoms with E-state index in [-0.39, 0.29) is 0 Å². The Bertz CT molecular complexity index is 287. The molecule has 62 valence electrons.